The minimum Gasteiger partial charge on any atom is -0.426 e. The molecule has 1 aliphatic rings. The number of rotatable bonds is 12. The normalized spacial score (nSPS) is 13.9. The number of carbonyl (C=O) groups is 3. The van der Waals surface area contributed by atoms with Gasteiger partial charge in [0.05, 0.1) is 11.5 Å². The highest BCUT2D eigenvalue weighted by Gasteiger charge is 2.26. The highest BCUT2D eigenvalue weighted by molar-refractivity contribution is 6.15. The number of ketones is 2. The first-order chi connectivity index (χ1) is 16.5. The molecule has 0 atom stereocenters. The summed E-state index contributed by atoms with van der Waals surface area (Å²) in [6.45, 7) is 2.15. The molecule has 179 valence electrons. The van der Waals surface area contributed by atoms with E-state index in [0.717, 1.165) is 64.2 Å². The second-order valence-corrected chi connectivity index (χ2v) is 9.03. The van der Waals surface area contributed by atoms with Gasteiger partial charge in [0.25, 0.3) is 0 Å². The number of ether oxygens (including phenoxy) is 1. The number of hydrogen-bond donors (Lipinski definition) is 0. The van der Waals surface area contributed by atoms with Gasteiger partial charge in [-0.3, -0.25) is 19.2 Å². The third-order valence-corrected chi connectivity index (χ3v) is 6.48. The Balaban J connectivity index is 1.87. The Morgan fingerprint density at radius 3 is 2.38 bits per heavy atom. The van der Waals surface area contributed by atoms with E-state index in [1.165, 1.54) is 24.3 Å². The zero-order valence-electron chi connectivity index (χ0n) is 19.9. The van der Waals surface area contributed by atoms with Gasteiger partial charge in [-0.05, 0) is 37.5 Å². The predicted molar refractivity (Wildman–Crippen MR) is 131 cm³/mol. The second kappa shape index (κ2) is 13.0. The van der Waals surface area contributed by atoms with Crippen LogP contribution in [0, 0.1) is 5.92 Å². The minimum absolute atomic E-state index is 0.0501. The molecular weight excluding hydrogens is 428 g/mol. The Kier molecular flexibility index (Phi) is 9.75. The summed E-state index contributed by atoms with van der Waals surface area (Å²) in [4.78, 5) is 50.4. The van der Waals surface area contributed by atoms with Crippen LogP contribution in [0.3, 0.4) is 0 Å². The van der Waals surface area contributed by atoms with Crippen LogP contribution in [0.4, 0.5) is 0 Å². The number of Topliss-reactive ketones (excluding diaryl/α,β-unsaturated/α-hetero) is 1. The van der Waals surface area contributed by atoms with E-state index in [1.54, 1.807) is 24.5 Å². The van der Waals surface area contributed by atoms with Crippen LogP contribution in [-0.4, -0.2) is 23.8 Å². The largest absolute Gasteiger partial charge is 0.426 e. The van der Waals surface area contributed by atoms with E-state index in [1.807, 2.05) is 0 Å². The van der Waals surface area contributed by atoms with Crippen LogP contribution in [0.25, 0.3) is 0 Å². The van der Waals surface area contributed by atoms with Gasteiger partial charge in [-0.2, -0.15) is 0 Å². The van der Waals surface area contributed by atoms with E-state index in [2.05, 4.69) is 6.92 Å². The van der Waals surface area contributed by atoms with E-state index < -0.39 is 5.78 Å². The first kappa shape index (κ1) is 25.5. The fourth-order valence-corrected chi connectivity index (χ4v) is 4.45. The van der Waals surface area contributed by atoms with E-state index in [9.17, 15) is 19.2 Å². The first-order valence-electron chi connectivity index (χ1n) is 12.5. The molecule has 5 nitrogen and oxygen atoms in total. The maximum absolute atomic E-state index is 13.4. The molecule has 1 saturated carbocycles. The predicted octanol–water partition coefficient (Wildman–Crippen LogP) is 6.40. The molecule has 0 bridgehead atoms. The van der Waals surface area contributed by atoms with E-state index in [4.69, 9.17) is 4.74 Å². The Hall–Kier alpha value is -3.08. The molecule has 1 fully saturated rings. The van der Waals surface area contributed by atoms with Gasteiger partial charge in [0.1, 0.15) is 5.75 Å². The highest BCUT2D eigenvalue weighted by Crippen LogP contribution is 2.29. The number of unbranched alkanes of at least 4 members (excludes halogenated alkanes) is 4. The van der Waals surface area contributed by atoms with Crippen LogP contribution >= 0.6 is 0 Å². The zero-order valence-corrected chi connectivity index (χ0v) is 19.9. The smallest absolute Gasteiger partial charge is 0.314 e. The third kappa shape index (κ3) is 6.72. The lowest BCUT2D eigenvalue weighted by molar-refractivity contribution is -0.140. The highest BCUT2D eigenvalue weighted by atomic mass is 16.5. The summed E-state index contributed by atoms with van der Waals surface area (Å²) < 4.78 is 5.69. The van der Waals surface area contributed by atoms with Crippen molar-refractivity contribution in [2.75, 3.05) is 0 Å². The number of hydrogen-bond acceptors (Lipinski definition) is 5. The molecule has 0 heterocycles. The average molecular weight is 462 g/mol. The molecule has 0 spiro atoms. The van der Waals surface area contributed by atoms with Crippen molar-refractivity contribution in [2.45, 2.75) is 77.6 Å². The molecule has 34 heavy (non-hydrogen) atoms. The standard InChI is InChI=1S/C29H33O5/c1-2-3-4-5-9-16-26(31)22-17-18-27(34-29(33)21-12-7-6-8-13-21)25(19-22)28(32)24-15-11-10-14-23(24)20-30/h10-11,14-15,17-19,21H,2-9,12-13,16H2,1H3. The molecule has 5 heteroatoms. The lowest BCUT2D eigenvalue weighted by atomic mass is 9.89. The minimum atomic E-state index is -0.469. The molecular formula is C29H33O5. The van der Waals surface area contributed by atoms with Crippen LogP contribution in [0.15, 0.2) is 42.5 Å². The van der Waals surface area contributed by atoms with Crippen molar-refractivity contribution in [1.82, 2.24) is 0 Å². The van der Waals surface area contributed by atoms with Crippen molar-refractivity contribution < 1.29 is 23.9 Å². The van der Waals surface area contributed by atoms with E-state index in [0.29, 0.717) is 12.0 Å². The Morgan fingerprint density at radius 2 is 1.65 bits per heavy atom. The van der Waals surface area contributed by atoms with Crippen LogP contribution in [-0.2, 0) is 9.59 Å². The van der Waals surface area contributed by atoms with Gasteiger partial charge < -0.3 is 4.74 Å². The second-order valence-electron chi connectivity index (χ2n) is 9.03. The molecule has 0 unspecified atom stereocenters. The van der Waals surface area contributed by atoms with Gasteiger partial charge in [0, 0.05) is 23.1 Å². The number of esters is 1. The molecule has 2 aromatic rings. The average Bonchev–Trinajstić information content (AvgIpc) is 2.88. The number of benzene rings is 2. The maximum Gasteiger partial charge on any atom is 0.314 e. The molecule has 0 aromatic heterocycles. The van der Waals surface area contributed by atoms with Gasteiger partial charge in [-0.1, -0.05) is 76.1 Å². The fourth-order valence-electron chi connectivity index (χ4n) is 4.45. The van der Waals surface area contributed by atoms with Crippen LogP contribution in [0.1, 0.15) is 109 Å². The summed E-state index contributed by atoms with van der Waals surface area (Å²) in [5.41, 5.74) is 0.814. The molecule has 0 saturated heterocycles. The van der Waals surface area contributed by atoms with Crippen molar-refractivity contribution in [3.05, 3.63) is 64.7 Å². The molecule has 0 aliphatic heterocycles. The Labute approximate surface area is 201 Å². The molecule has 1 aliphatic carbocycles. The van der Waals surface area contributed by atoms with Crippen LogP contribution < -0.4 is 4.74 Å². The first-order valence-corrected chi connectivity index (χ1v) is 12.5. The summed E-state index contributed by atoms with van der Waals surface area (Å²) in [7, 11) is 0. The van der Waals surface area contributed by atoms with Crippen LogP contribution in [0.5, 0.6) is 5.75 Å². The van der Waals surface area contributed by atoms with Crippen molar-refractivity contribution in [1.29, 1.82) is 0 Å². The van der Waals surface area contributed by atoms with Crippen molar-refractivity contribution in [2.24, 2.45) is 5.92 Å². The van der Waals surface area contributed by atoms with Gasteiger partial charge in [0.2, 0.25) is 6.29 Å². The lowest BCUT2D eigenvalue weighted by Gasteiger charge is -2.20. The Bertz CT molecular complexity index is 1020. The molecule has 3 rings (SSSR count). The summed E-state index contributed by atoms with van der Waals surface area (Å²) >= 11 is 0. The summed E-state index contributed by atoms with van der Waals surface area (Å²) in [6, 6.07) is 11.0. The maximum atomic E-state index is 13.4. The summed E-state index contributed by atoms with van der Waals surface area (Å²) in [6.07, 6.45) is 12.0. The SMILES string of the molecule is CCCCCCCC(=O)c1ccc(OC(=O)C2CCCCC2)c(C(=O)c2ccccc2[C]=O)c1. The van der Waals surface area contributed by atoms with Gasteiger partial charge in [-0.25, -0.2) is 0 Å². The monoisotopic (exact) mass is 461 g/mol. The summed E-state index contributed by atoms with van der Waals surface area (Å²) in [5, 5.41) is 0. The molecule has 0 amide bonds. The summed E-state index contributed by atoms with van der Waals surface area (Å²) in [5.74, 6) is -0.926. The van der Waals surface area contributed by atoms with Crippen LogP contribution in [0.2, 0.25) is 0 Å². The third-order valence-electron chi connectivity index (χ3n) is 6.48. The van der Waals surface area contributed by atoms with E-state index in [-0.39, 0.29) is 40.1 Å². The van der Waals surface area contributed by atoms with E-state index >= 15 is 0 Å². The van der Waals surface area contributed by atoms with Gasteiger partial charge >= 0.3 is 5.97 Å². The fraction of sp³-hybridized carbons (Fsp3) is 0.448. The van der Waals surface area contributed by atoms with Crippen molar-refractivity contribution in [3.8, 4) is 5.75 Å². The van der Waals surface area contributed by atoms with Gasteiger partial charge in [0.15, 0.2) is 11.6 Å². The van der Waals surface area contributed by atoms with Crippen molar-refractivity contribution >= 4 is 23.8 Å². The van der Waals surface area contributed by atoms with Gasteiger partial charge in [-0.15, -0.1) is 0 Å². The topological polar surface area (TPSA) is 77.5 Å². The lowest BCUT2D eigenvalue weighted by Crippen LogP contribution is -2.23. The van der Waals surface area contributed by atoms with Crippen molar-refractivity contribution in [3.63, 3.8) is 0 Å². The quantitative estimate of drug-likeness (QED) is 0.158. The molecule has 1 radical (unpaired) electrons. The zero-order chi connectivity index (χ0) is 24.3. The molecule has 2 aromatic carbocycles. The Morgan fingerprint density at radius 1 is 0.912 bits per heavy atom. The number of carbonyl (C=O) groups excluding carboxylic acids is 4. The molecule has 0 N–H and O–H groups in total.